The number of benzene rings is 2. The fraction of sp³-hybridized carbons (Fsp3) is 0.273. The summed E-state index contributed by atoms with van der Waals surface area (Å²) < 4.78 is 7.32. The normalized spacial score (nSPS) is 11.7. The van der Waals surface area contributed by atoms with E-state index in [4.69, 9.17) is 4.74 Å². The van der Waals surface area contributed by atoms with Crippen molar-refractivity contribution in [2.75, 3.05) is 7.11 Å². The molecule has 0 saturated carbocycles. The number of hydrogen-bond acceptors (Lipinski definition) is 3. The zero-order valence-corrected chi connectivity index (χ0v) is 17.2. The van der Waals surface area contributed by atoms with Crippen LogP contribution in [0.3, 0.4) is 0 Å². The average molecular weight is 381 g/mol. The number of amides is 1. The van der Waals surface area contributed by atoms with Gasteiger partial charge < -0.3 is 9.30 Å². The quantitative estimate of drug-likeness (QED) is 0.645. The van der Waals surface area contributed by atoms with Gasteiger partial charge in [-0.3, -0.25) is 4.79 Å². The number of ether oxygens (including phenoxy) is 1. The summed E-state index contributed by atoms with van der Waals surface area (Å²) in [7, 11) is 1.59. The van der Waals surface area contributed by atoms with Crippen molar-refractivity contribution in [2.24, 2.45) is 4.99 Å². The molecule has 0 bridgehead atoms. The summed E-state index contributed by atoms with van der Waals surface area (Å²) in [5.74, 6) is 0.390. The number of rotatable bonds is 4. The predicted molar refractivity (Wildman–Crippen MR) is 111 cm³/mol. The summed E-state index contributed by atoms with van der Waals surface area (Å²) >= 11 is 1.55. The molecule has 3 aromatic rings. The SMILES string of the molecule is CCn1c(-c2ccc(C)c(C)c2)c(C)sc1=NC(=O)c1cccc(OC)c1. The standard InChI is InChI=1S/C22H24N2O2S/c1-6-24-20(17-11-10-14(2)15(3)12-17)16(4)27-22(24)23-21(25)18-8-7-9-19(13-18)26-5/h7-13H,6H2,1-5H3. The molecule has 5 heteroatoms. The Morgan fingerprint density at radius 3 is 2.56 bits per heavy atom. The second-order valence-corrected chi connectivity index (χ2v) is 7.66. The van der Waals surface area contributed by atoms with Crippen LogP contribution in [0.1, 0.15) is 33.3 Å². The zero-order valence-electron chi connectivity index (χ0n) is 16.4. The van der Waals surface area contributed by atoms with Crippen molar-refractivity contribution < 1.29 is 9.53 Å². The Balaban J connectivity index is 2.10. The van der Waals surface area contributed by atoms with E-state index in [2.05, 4.69) is 55.5 Å². The van der Waals surface area contributed by atoms with Gasteiger partial charge in [0.15, 0.2) is 4.80 Å². The number of hydrogen-bond donors (Lipinski definition) is 0. The Morgan fingerprint density at radius 1 is 1.11 bits per heavy atom. The van der Waals surface area contributed by atoms with Crippen molar-refractivity contribution in [1.29, 1.82) is 0 Å². The summed E-state index contributed by atoms with van der Waals surface area (Å²) in [6.45, 7) is 9.13. The minimum Gasteiger partial charge on any atom is -0.497 e. The molecule has 0 fully saturated rings. The maximum Gasteiger partial charge on any atom is 0.279 e. The Morgan fingerprint density at radius 2 is 1.89 bits per heavy atom. The van der Waals surface area contributed by atoms with E-state index in [1.807, 2.05) is 6.07 Å². The monoisotopic (exact) mass is 380 g/mol. The molecule has 0 aliphatic carbocycles. The van der Waals surface area contributed by atoms with Crippen LogP contribution in [0.25, 0.3) is 11.3 Å². The molecule has 0 saturated heterocycles. The van der Waals surface area contributed by atoms with Crippen LogP contribution in [0.15, 0.2) is 47.5 Å². The fourth-order valence-electron chi connectivity index (χ4n) is 3.06. The van der Waals surface area contributed by atoms with Gasteiger partial charge in [0.1, 0.15) is 5.75 Å². The van der Waals surface area contributed by atoms with Gasteiger partial charge in [-0.2, -0.15) is 4.99 Å². The molecule has 0 spiro atoms. The van der Waals surface area contributed by atoms with Crippen molar-refractivity contribution in [3.8, 4) is 17.0 Å². The molecule has 0 unspecified atom stereocenters. The van der Waals surface area contributed by atoms with E-state index in [9.17, 15) is 4.79 Å². The largest absolute Gasteiger partial charge is 0.497 e. The molecule has 0 radical (unpaired) electrons. The highest BCUT2D eigenvalue weighted by molar-refractivity contribution is 7.09. The highest BCUT2D eigenvalue weighted by Gasteiger charge is 2.14. The van der Waals surface area contributed by atoms with Gasteiger partial charge in [0.05, 0.1) is 12.8 Å². The second kappa shape index (κ2) is 7.92. The van der Waals surface area contributed by atoms with Gasteiger partial charge in [-0.15, -0.1) is 11.3 Å². The molecule has 1 heterocycles. The first-order valence-electron chi connectivity index (χ1n) is 8.95. The highest BCUT2D eigenvalue weighted by atomic mass is 32.1. The minimum atomic E-state index is -0.260. The minimum absolute atomic E-state index is 0.260. The van der Waals surface area contributed by atoms with Crippen LogP contribution in [0, 0.1) is 20.8 Å². The van der Waals surface area contributed by atoms with Gasteiger partial charge in [0.25, 0.3) is 5.91 Å². The zero-order chi connectivity index (χ0) is 19.6. The molecule has 0 aliphatic rings. The lowest BCUT2D eigenvalue weighted by Gasteiger charge is -2.10. The first kappa shape index (κ1) is 19.1. The van der Waals surface area contributed by atoms with E-state index in [-0.39, 0.29) is 5.91 Å². The average Bonchev–Trinajstić information content (AvgIpc) is 2.98. The van der Waals surface area contributed by atoms with Crippen molar-refractivity contribution >= 4 is 17.2 Å². The van der Waals surface area contributed by atoms with E-state index in [0.29, 0.717) is 11.3 Å². The Hall–Kier alpha value is -2.66. The summed E-state index contributed by atoms with van der Waals surface area (Å²) in [6.07, 6.45) is 0. The third-order valence-corrected chi connectivity index (χ3v) is 5.68. The number of carbonyl (C=O) groups excluding carboxylic acids is 1. The van der Waals surface area contributed by atoms with Crippen LogP contribution < -0.4 is 9.54 Å². The number of nitrogens with zero attached hydrogens (tertiary/aromatic N) is 2. The molecule has 4 nitrogen and oxygen atoms in total. The second-order valence-electron chi connectivity index (χ2n) is 6.48. The molecule has 2 aromatic carbocycles. The van der Waals surface area contributed by atoms with Crippen molar-refractivity contribution in [2.45, 2.75) is 34.2 Å². The van der Waals surface area contributed by atoms with E-state index in [1.54, 1.807) is 36.6 Å². The van der Waals surface area contributed by atoms with Crippen LogP contribution in [0.5, 0.6) is 5.75 Å². The summed E-state index contributed by atoms with van der Waals surface area (Å²) in [6, 6.07) is 13.6. The first-order chi connectivity index (χ1) is 12.9. The lowest BCUT2D eigenvalue weighted by Crippen LogP contribution is -2.17. The third-order valence-electron chi connectivity index (χ3n) is 4.69. The third kappa shape index (κ3) is 3.88. The van der Waals surface area contributed by atoms with Crippen LogP contribution >= 0.6 is 11.3 Å². The molecule has 1 aromatic heterocycles. The fourth-order valence-corrected chi connectivity index (χ4v) is 4.12. The van der Waals surface area contributed by atoms with Gasteiger partial charge in [0.2, 0.25) is 0 Å². The molecule has 140 valence electrons. The van der Waals surface area contributed by atoms with E-state index in [1.165, 1.54) is 11.1 Å². The number of carbonyl (C=O) groups is 1. The summed E-state index contributed by atoms with van der Waals surface area (Å²) in [4.78, 5) is 19.0. The number of aromatic nitrogens is 1. The summed E-state index contributed by atoms with van der Waals surface area (Å²) in [5, 5.41) is 0. The van der Waals surface area contributed by atoms with Crippen LogP contribution in [-0.4, -0.2) is 17.6 Å². The molecule has 0 atom stereocenters. The smallest absolute Gasteiger partial charge is 0.279 e. The van der Waals surface area contributed by atoms with Gasteiger partial charge in [-0.1, -0.05) is 18.2 Å². The molecule has 27 heavy (non-hydrogen) atoms. The highest BCUT2D eigenvalue weighted by Crippen LogP contribution is 2.27. The molecule has 3 rings (SSSR count). The van der Waals surface area contributed by atoms with Crippen molar-refractivity contribution in [3.63, 3.8) is 0 Å². The van der Waals surface area contributed by atoms with Gasteiger partial charge in [-0.05, 0) is 68.7 Å². The van der Waals surface area contributed by atoms with E-state index < -0.39 is 0 Å². The van der Waals surface area contributed by atoms with Crippen LogP contribution in [-0.2, 0) is 6.54 Å². The molecule has 0 aliphatic heterocycles. The van der Waals surface area contributed by atoms with Crippen molar-refractivity contribution in [3.05, 3.63) is 68.8 Å². The maximum atomic E-state index is 12.7. The van der Waals surface area contributed by atoms with Crippen molar-refractivity contribution in [1.82, 2.24) is 4.57 Å². The topological polar surface area (TPSA) is 43.6 Å². The number of thiazole rings is 1. The lowest BCUT2D eigenvalue weighted by atomic mass is 10.0. The van der Waals surface area contributed by atoms with E-state index in [0.717, 1.165) is 27.5 Å². The Kier molecular flexibility index (Phi) is 5.61. The lowest BCUT2D eigenvalue weighted by molar-refractivity contribution is 0.0997. The van der Waals surface area contributed by atoms with Gasteiger partial charge >= 0.3 is 0 Å². The maximum absolute atomic E-state index is 12.7. The van der Waals surface area contributed by atoms with Crippen LogP contribution in [0.2, 0.25) is 0 Å². The number of aryl methyl sites for hydroxylation is 3. The van der Waals surface area contributed by atoms with Gasteiger partial charge in [0, 0.05) is 17.0 Å². The van der Waals surface area contributed by atoms with E-state index >= 15 is 0 Å². The number of methoxy groups -OCH3 is 1. The first-order valence-corrected chi connectivity index (χ1v) is 9.77. The Bertz CT molecular complexity index is 1060. The molecule has 0 N–H and O–H groups in total. The Labute approximate surface area is 163 Å². The predicted octanol–water partition coefficient (Wildman–Crippen LogP) is 4.91. The van der Waals surface area contributed by atoms with Crippen LogP contribution in [0.4, 0.5) is 0 Å². The molecule has 1 amide bonds. The summed E-state index contributed by atoms with van der Waals surface area (Å²) in [5.41, 5.74) is 5.34. The molecular weight excluding hydrogens is 356 g/mol. The molecular formula is C22H24N2O2S. The van der Waals surface area contributed by atoms with Gasteiger partial charge in [-0.25, -0.2) is 0 Å².